The number of amides is 1. The van der Waals surface area contributed by atoms with Crippen molar-refractivity contribution in [3.05, 3.63) is 24.4 Å². The Morgan fingerprint density at radius 1 is 1.48 bits per heavy atom. The van der Waals surface area contributed by atoms with Gasteiger partial charge in [-0.1, -0.05) is 11.2 Å². The highest BCUT2D eigenvalue weighted by molar-refractivity contribution is 5.79. The maximum atomic E-state index is 12.3. The summed E-state index contributed by atoms with van der Waals surface area (Å²) in [6.45, 7) is 5.24. The molecule has 1 aliphatic rings. The molecular formula is C18H23N7O2. The third-order valence-corrected chi connectivity index (χ3v) is 4.44. The lowest BCUT2D eigenvalue weighted by molar-refractivity contribution is -0.130. The quantitative estimate of drug-likeness (QED) is 0.752. The zero-order chi connectivity index (χ0) is 19.3. The molecule has 1 amide bonds. The van der Waals surface area contributed by atoms with E-state index in [9.17, 15) is 4.79 Å². The summed E-state index contributed by atoms with van der Waals surface area (Å²) in [4.78, 5) is 22.4. The monoisotopic (exact) mass is 369 g/mol. The number of hydrogen-bond donors (Lipinski definition) is 2. The Bertz CT molecular complexity index is 813. The highest BCUT2D eigenvalue weighted by Crippen LogP contribution is 2.17. The minimum atomic E-state index is -0.392. The first-order valence-electron chi connectivity index (χ1n) is 8.91. The van der Waals surface area contributed by atoms with Crippen molar-refractivity contribution in [3.8, 4) is 17.6 Å². The summed E-state index contributed by atoms with van der Waals surface area (Å²) in [6.07, 6.45) is 3.30. The second-order valence-electron chi connectivity index (χ2n) is 7.10. The van der Waals surface area contributed by atoms with Crippen molar-refractivity contribution in [1.82, 2.24) is 25.3 Å². The van der Waals surface area contributed by atoms with E-state index in [2.05, 4.69) is 31.8 Å². The average molecular weight is 369 g/mol. The van der Waals surface area contributed by atoms with Gasteiger partial charge in [0.25, 0.3) is 0 Å². The Morgan fingerprint density at radius 3 is 3.07 bits per heavy atom. The summed E-state index contributed by atoms with van der Waals surface area (Å²) in [7, 11) is 0. The van der Waals surface area contributed by atoms with Gasteiger partial charge in [0, 0.05) is 24.8 Å². The van der Waals surface area contributed by atoms with Crippen LogP contribution >= 0.6 is 0 Å². The highest BCUT2D eigenvalue weighted by Gasteiger charge is 2.29. The topological polar surface area (TPSA) is 120 Å². The van der Waals surface area contributed by atoms with E-state index >= 15 is 0 Å². The molecule has 0 unspecified atom stereocenters. The third-order valence-electron chi connectivity index (χ3n) is 4.44. The van der Waals surface area contributed by atoms with Crippen LogP contribution in [0.15, 0.2) is 28.9 Å². The van der Waals surface area contributed by atoms with Crippen molar-refractivity contribution in [3.63, 3.8) is 0 Å². The maximum absolute atomic E-state index is 12.3. The van der Waals surface area contributed by atoms with E-state index in [4.69, 9.17) is 9.78 Å². The number of aromatic nitrogens is 3. The van der Waals surface area contributed by atoms with Gasteiger partial charge in [-0.05, 0) is 38.8 Å². The normalized spacial score (nSPS) is 16.9. The first-order valence-corrected chi connectivity index (χ1v) is 8.91. The predicted octanol–water partition coefficient (Wildman–Crippen LogP) is 1.43. The molecule has 1 aliphatic heterocycles. The second kappa shape index (κ2) is 8.14. The molecule has 9 nitrogen and oxygen atoms in total. The molecule has 27 heavy (non-hydrogen) atoms. The fourth-order valence-electron chi connectivity index (χ4n) is 2.87. The summed E-state index contributed by atoms with van der Waals surface area (Å²) in [5.74, 6) is 0.359. The van der Waals surface area contributed by atoms with Crippen LogP contribution in [-0.4, -0.2) is 57.1 Å². The molecule has 0 bridgehead atoms. The van der Waals surface area contributed by atoms with E-state index in [0.29, 0.717) is 30.6 Å². The summed E-state index contributed by atoms with van der Waals surface area (Å²) < 4.78 is 5.20. The number of anilines is 1. The number of carbonyl (C=O) groups excluding carboxylic acids is 1. The van der Waals surface area contributed by atoms with E-state index in [1.165, 1.54) is 0 Å². The van der Waals surface area contributed by atoms with Crippen molar-refractivity contribution in [2.75, 3.05) is 25.0 Å². The number of pyridine rings is 1. The maximum Gasteiger partial charge on any atom is 0.321 e. The fourth-order valence-corrected chi connectivity index (χ4v) is 2.87. The minimum Gasteiger partial charge on any atom is -0.336 e. The molecule has 0 aliphatic carbocycles. The number of rotatable bonds is 7. The SMILES string of the molecule is CC(C)(CNc1nc(-c2ccccn2)no1)NCC(=O)N1CCC[C@H]1C#N. The van der Waals surface area contributed by atoms with E-state index in [0.717, 1.165) is 12.8 Å². The van der Waals surface area contributed by atoms with E-state index in [-0.39, 0.29) is 18.5 Å². The molecule has 1 fully saturated rings. The summed E-state index contributed by atoms with van der Waals surface area (Å²) in [5.41, 5.74) is 0.242. The van der Waals surface area contributed by atoms with Crippen LogP contribution in [0.2, 0.25) is 0 Å². The van der Waals surface area contributed by atoms with Gasteiger partial charge in [0.1, 0.15) is 11.7 Å². The molecule has 1 saturated heterocycles. The summed E-state index contributed by atoms with van der Waals surface area (Å²) in [5, 5.41) is 19.3. The molecule has 2 aromatic heterocycles. The molecule has 0 spiro atoms. The van der Waals surface area contributed by atoms with Crippen molar-refractivity contribution >= 4 is 11.9 Å². The Morgan fingerprint density at radius 2 is 2.33 bits per heavy atom. The van der Waals surface area contributed by atoms with Crippen LogP contribution in [0.5, 0.6) is 0 Å². The van der Waals surface area contributed by atoms with Crippen LogP contribution in [0.4, 0.5) is 6.01 Å². The fraction of sp³-hybridized carbons (Fsp3) is 0.500. The molecule has 3 heterocycles. The Kier molecular flexibility index (Phi) is 5.66. The zero-order valence-corrected chi connectivity index (χ0v) is 15.5. The number of nitrogens with one attached hydrogen (secondary N) is 2. The highest BCUT2D eigenvalue weighted by atomic mass is 16.5. The summed E-state index contributed by atoms with van der Waals surface area (Å²) >= 11 is 0. The number of likely N-dealkylation sites (tertiary alicyclic amines) is 1. The predicted molar refractivity (Wildman–Crippen MR) is 98.4 cm³/mol. The van der Waals surface area contributed by atoms with Crippen LogP contribution in [0.3, 0.4) is 0 Å². The lowest BCUT2D eigenvalue weighted by atomic mass is 10.1. The van der Waals surface area contributed by atoms with Crippen molar-refractivity contribution in [1.29, 1.82) is 5.26 Å². The third kappa shape index (κ3) is 4.80. The average Bonchev–Trinajstić information content (AvgIpc) is 3.34. The zero-order valence-electron chi connectivity index (χ0n) is 15.5. The first kappa shape index (κ1) is 18.8. The number of hydrogen-bond acceptors (Lipinski definition) is 8. The lowest BCUT2D eigenvalue weighted by Crippen LogP contribution is -2.50. The van der Waals surface area contributed by atoms with Gasteiger partial charge in [-0.2, -0.15) is 10.2 Å². The van der Waals surface area contributed by atoms with Gasteiger partial charge in [0.05, 0.1) is 12.6 Å². The van der Waals surface area contributed by atoms with Crippen molar-refractivity contribution < 1.29 is 9.32 Å². The minimum absolute atomic E-state index is 0.0534. The molecule has 1 atom stereocenters. The number of nitrogens with zero attached hydrogens (tertiary/aromatic N) is 5. The molecular weight excluding hydrogens is 346 g/mol. The smallest absolute Gasteiger partial charge is 0.321 e. The summed E-state index contributed by atoms with van der Waals surface area (Å²) in [6, 6.07) is 7.65. The van der Waals surface area contributed by atoms with E-state index < -0.39 is 5.54 Å². The standard InChI is InChI=1S/C18H23N7O2/c1-18(2,22-11-15(26)25-9-5-6-13(25)10-19)12-21-17-23-16(24-27-17)14-7-3-4-8-20-14/h3-4,7-8,13,22H,5-6,9,11-12H2,1-2H3,(H,21,23,24)/t13-/m0/s1. The largest absolute Gasteiger partial charge is 0.336 e. The van der Waals surface area contributed by atoms with Crippen LogP contribution < -0.4 is 10.6 Å². The molecule has 3 rings (SSSR count). The Balaban J connectivity index is 1.49. The second-order valence-corrected chi connectivity index (χ2v) is 7.10. The van der Waals surface area contributed by atoms with E-state index in [1.54, 1.807) is 17.2 Å². The Hall–Kier alpha value is -2.99. The molecule has 0 aromatic carbocycles. The molecule has 2 aromatic rings. The number of nitriles is 1. The molecule has 9 heteroatoms. The van der Waals surface area contributed by atoms with Gasteiger partial charge in [-0.25, -0.2) is 0 Å². The van der Waals surface area contributed by atoms with E-state index in [1.807, 2.05) is 26.0 Å². The van der Waals surface area contributed by atoms with Gasteiger partial charge in [-0.3, -0.25) is 9.78 Å². The number of carbonyl (C=O) groups is 1. The van der Waals surface area contributed by atoms with Gasteiger partial charge in [-0.15, -0.1) is 0 Å². The lowest BCUT2D eigenvalue weighted by Gasteiger charge is -2.28. The van der Waals surface area contributed by atoms with Crippen LogP contribution in [0.1, 0.15) is 26.7 Å². The molecule has 2 N–H and O–H groups in total. The first-order chi connectivity index (χ1) is 13.0. The van der Waals surface area contributed by atoms with Crippen molar-refractivity contribution in [2.24, 2.45) is 0 Å². The Labute approximate surface area is 157 Å². The van der Waals surface area contributed by atoms with Crippen LogP contribution in [0.25, 0.3) is 11.5 Å². The van der Waals surface area contributed by atoms with Gasteiger partial charge in [0.15, 0.2) is 0 Å². The van der Waals surface area contributed by atoms with Crippen LogP contribution in [0, 0.1) is 11.3 Å². The molecule has 0 radical (unpaired) electrons. The van der Waals surface area contributed by atoms with Crippen LogP contribution in [-0.2, 0) is 4.79 Å². The van der Waals surface area contributed by atoms with Crippen molar-refractivity contribution in [2.45, 2.75) is 38.3 Å². The van der Waals surface area contributed by atoms with Gasteiger partial charge < -0.3 is 20.1 Å². The molecule has 142 valence electrons. The van der Waals surface area contributed by atoms with Gasteiger partial charge >= 0.3 is 6.01 Å². The van der Waals surface area contributed by atoms with Gasteiger partial charge in [0.2, 0.25) is 11.7 Å². The molecule has 0 saturated carbocycles.